The number of halogens is 1. The summed E-state index contributed by atoms with van der Waals surface area (Å²) in [4.78, 5) is 0. The van der Waals surface area contributed by atoms with Gasteiger partial charge in [-0.1, -0.05) is 0 Å². The van der Waals surface area contributed by atoms with Gasteiger partial charge in [0.1, 0.15) is 0 Å². The van der Waals surface area contributed by atoms with Crippen molar-refractivity contribution < 1.29 is 0 Å². The molecule has 1 aliphatic heterocycles. The average Bonchev–Trinajstić information content (AvgIpc) is 2.19. The minimum Gasteiger partial charge on any atom is -0.162 e. The molecule has 0 N–H and O–H groups in total. The summed E-state index contributed by atoms with van der Waals surface area (Å²) in [6.45, 7) is 0. The van der Waals surface area contributed by atoms with Gasteiger partial charge in [-0.05, 0) is 30.3 Å². The summed E-state index contributed by atoms with van der Waals surface area (Å²) in [5.74, 6) is 4.51. The average molecular weight is 151 g/mol. The van der Waals surface area contributed by atoms with Crippen molar-refractivity contribution in [2.45, 2.75) is 12.8 Å². The molecule has 1 fully saturated rings. The molecule has 2 heteroatoms. The molecule has 1 rings (SSSR count). The van der Waals surface area contributed by atoms with Gasteiger partial charge >= 0.3 is 0 Å². The van der Waals surface area contributed by atoms with E-state index >= 15 is 0 Å². The molecule has 1 atom stereocenters. The van der Waals surface area contributed by atoms with Crippen LogP contribution in [0.15, 0.2) is 0 Å². The van der Waals surface area contributed by atoms with E-state index in [0.29, 0.717) is 0 Å². The molecule has 48 valence electrons. The minimum absolute atomic E-state index is 0.852. The molecule has 0 bridgehead atoms. The maximum absolute atomic E-state index is 5.57. The van der Waals surface area contributed by atoms with Crippen LogP contribution in [0.25, 0.3) is 0 Å². The van der Waals surface area contributed by atoms with E-state index in [1.165, 1.54) is 24.3 Å². The Morgan fingerprint density at radius 1 is 1.62 bits per heavy atom. The Morgan fingerprint density at radius 3 is 3.00 bits per heavy atom. The SMILES string of the molecule is ClCCC1CCSC1. The molecule has 1 unspecified atom stereocenters. The van der Waals surface area contributed by atoms with E-state index in [1.807, 2.05) is 0 Å². The van der Waals surface area contributed by atoms with E-state index < -0.39 is 0 Å². The van der Waals surface area contributed by atoms with Crippen LogP contribution in [0.4, 0.5) is 0 Å². The highest BCUT2D eigenvalue weighted by atomic mass is 35.5. The second-order valence-corrected chi connectivity index (χ2v) is 3.74. The topological polar surface area (TPSA) is 0 Å². The van der Waals surface area contributed by atoms with Crippen LogP contribution >= 0.6 is 23.4 Å². The first-order valence-corrected chi connectivity index (χ1v) is 4.76. The lowest BCUT2D eigenvalue weighted by Gasteiger charge is -2.01. The fourth-order valence-corrected chi connectivity index (χ4v) is 2.61. The zero-order chi connectivity index (χ0) is 5.82. The summed E-state index contributed by atoms with van der Waals surface area (Å²) in [5.41, 5.74) is 0. The van der Waals surface area contributed by atoms with Crippen molar-refractivity contribution in [2.75, 3.05) is 17.4 Å². The molecule has 0 amide bonds. The molecule has 1 heterocycles. The Morgan fingerprint density at radius 2 is 2.50 bits per heavy atom. The third kappa shape index (κ3) is 1.87. The Bertz CT molecular complexity index is 59.5. The van der Waals surface area contributed by atoms with Crippen LogP contribution in [0.3, 0.4) is 0 Å². The van der Waals surface area contributed by atoms with Gasteiger partial charge in [0.2, 0.25) is 0 Å². The Labute approximate surface area is 60.0 Å². The predicted molar refractivity (Wildman–Crippen MR) is 40.8 cm³/mol. The fourth-order valence-electron chi connectivity index (χ4n) is 0.965. The van der Waals surface area contributed by atoms with E-state index in [-0.39, 0.29) is 0 Å². The molecule has 0 aromatic heterocycles. The molecule has 0 radical (unpaired) electrons. The van der Waals surface area contributed by atoms with Crippen LogP contribution in [0, 0.1) is 5.92 Å². The molecule has 0 spiro atoms. The van der Waals surface area contributed by atoms with E-state index in [2.05, 4.69) is 11.8 Å². The van der Waals surface area contributed by atoms with Gasteiger partial charge in [0, 0.05) is 5.88 Å². The van der Waals surface area contributed by atoms with E-state index in [4.69, 9.17) is 11.6 Å². The van der Waals surface area contributed by atoms with Crippen molar-refractivity contribution in [3.05, 3.63) is 0 Å². The zero-order valence-corrected chi connectivity index (χ0v) is 6.47. The number of hydrogen-bond donors (Lipinski definition) is 0. The van der Waals surface area contributed by atoms with Gasteiger partial charge in [-0.3, -0.25) is 0 Å². The lowest BCUT2D eigenvalue weighted by atomic mass is 10.1. The largest absolute Gasteiger partial charge is 0.162 e. The van der Waals surface area contributed by atoms with Gasteiger partial charge in [-0.2, -0.15) is 11.8 Å². The van der Waals surface area contributed by atoms with E-state index in [0.717, 1.165) is 11.8 Å². The van der Waals surface area contributed by atoms with Crippen LogP contribution in [-0.2, 0) is 0 Å². The third-order valence-electron chi connectivity index (χ3n) is 1.54. The first-order valence-electron chi connectivity index (χ1n) is 3.07. The minimum atomic E-state index is 0.852. The summed E-state index contributed by atoms with van der Waals surface area (Å²) in [7, 11) is 0. The normalized spacial score (nSPS) is 28.9. The Hall–Kier alpha value is 0.640. The van der Waals surface area contributed by atoms with Gasteiger partial charge in [-0.25, -0.2) is 0 Å². The van der Waals surface area contributed by atoms with Gasteiger partial charge in [-0.15, -0.1) is 11.6 Å². The fraction of sp³-hybridized carbons (Fsp3) is 1.00. The molecular weight excluding hydrogens is 140 g/mol. The quantitative estimate of drug-likeness (QED) is 0.545. The molecule has 1 saturated heterocycles. The summed E-state index contributed by atoms with van der Waals surface area (Å²) in [6.07, 6.45) is 2.63. The van der Waals surface area contributed by atoms with Crippen molar-refractivity contribution >= 4 is 23.4 Å². The summed E-state index contributed by atoms with van der Waals surface area (Å²) in [6, 6.07) is 0. The predicted octanol–water partition coefficient (Wildman–Crippen LogP) is 2.37. The van der Waals surface area contributed by atoms with Crippen molar-refractivity contribution in [1.82, 2.24) is 0 Å². The first kappa shape index (κ1) is 6.76. The molecule has 1 aliphatic rings. The van der Waals surface area contributed by atoms with Crippen LogP contribution in [0.2, 0.25) is 0 Å². The highest BCUT2D eigenvalue weighted by molar-refractivity contribution is 7.99. The van der Waals surface area contributed by atoms with Crippen molar-refractivity contribution in [2.24, 2.45) is 5.92 Å². The molecule has 0 aromatic carbocycles. The smallest absolute Gasteiger partial charge is 0.0226 e. The molecular formula is C6H11ClS. The third-order valence-corrected chi connectivity index (χ3v) is 2.99. The van der Waals surface area contributed by atoms with Crippen molar-refractivity contribution in [3.8, 4) is 0 Å². The summed E-state index contributed by atoms with van der Waals surface area (Å²) >= 11 is 7.64. The second kappa shape index (κ2) is 3.62. The molecule has 0 aliphatic carbocycles. The van der Waals surface area contributed by atoms with Crippen LogP contribution in [0.1, 0.15) is 12.8 Å². The van der Waals surface area contributed by atoms with Crippen molar-refractivity contribution in [3.63, 3.8) is 0 Å². The second-order valence-electron chi connectivity index (χ2n) is 2.21. The van der Waals surface area contributed by atoms with Crippen LogP contribution in [-0.4, -0.2) is 17.4 Å². The number of rotatable bonds is 2. The number of thioether (sulfide) groups is 1. The molecule has 8 heavy (non-hydrogen) atoms. The zero-order valence-electron chi connectivity index (χ0n) is 4.90. The van der Waals surface area contributed by atoms with Gasteiger partial charge in [0.05, 0.1) is 0 Å². The van der Waals surface area contributed by atoms with E-state index in [1.54, 1.807) is 0 Å². The van der Waals surface area contributed by atoms with Gasteiger partial charge < -0.3 is 0 Å². The first-order chi connectivity index (χ1) is 3.93. The van der Waals surface area contributed by atoms with Crippen LogP contribution < -0.4 is 0 Å². The maximum atomic E-state index is 5.57. The molecule has 0 aromatic rings. The number of alkyl halides is 1. The monoisotopic (exact) mass is 150 g/mol. The maximum Gasteiger partial charge on any atom is 0.0226 e. The number of hydrogen-bond acceptors (Lipinski definition) is 1. The van der Waals surface area contributed by atoms with E-state index in [9.17, 15) is 0 Å². The van der Waals surface area contributed by atoms with Gasteiger partial charge in [0.15, 0.2) is 0 Å². The summed E-state index contributed by atoms with van der Waals surface area (Å²) < 4.78 is 0. The van der Waals surface area contributed by atoms with Gasteiger partial charge in [0.25, 0.3) is 0 Å². The van der Waals surface area contributed by atoms with Crippen LogP contribution in [0.5, 0.6) is 0 Å². The lowest BCUT2D eigenvalue weighted by molar-refractivity contribution is 0.581. The Kier molecular flexibility index (Phi) is 3.06. The standard InChI is InChI=1S/C6H11ClS/c7-3-1-6-2-4-8-5-6/h6H,1-5H2. The summed E-state index contributed by atoms with van der Waals surface area (Å²) in [5, 5.41) is 0. The highest BCUT2D eigenvalue weighted by Gasteiger charge is 2.13. The molecule has 0 saturated carbocycles. The highest BCUT2D eigenvalue weighted by Crippen LogP contribution is 2.25. The molecule has 0 nitrogen and oxygen atoms in total. The lowest BCUT2D eigenvalue weighted by Crippen LogP contribution is -1.97. The van der Waals surface area contributed by atoms with Crippen molar-refractivity contribution in [1.29, 1.82) is 0 Å². The Balaban J connectivity index is 2.06.